The fourth-order valence-electron chi connectivity index (χ4n) is 3.52. The average Bonchev–Trinajstić information content (AvgIpc) is 3.43. The van der Waals surface area contributed by atoms with Crippen molar-refractivity contribution in [1.82, 2.24) is 8.87 Å². The molecule has 0 spiro atoms. The molecule has 3 heterocycles. The maximum atomic E-state index is 12.9. The Kier molecular flexibility index (Phi) is 6.37. The van der Waals surface area contributed by atoms with E-state index in [0.717, 1.165) is 10.2 Å². The van der Waals surface area contributed by atoms with Gasteiger partial charge in [0.05, 0.1) is 17.3 Å². The highest BCUT2D eigenvalue weighted by molar-refractivity contribution is 7.91. The number of benzene rings is 1. The van der Waals surface area contributed by atoms with Gasteiger partial charge < -0.3 is 9.30 Å². The summed E-state index contributed by atoms with van der Waals surface area (Å²) in [6, 6.07) is 10.8. The molecule has 8 nitrogen and oxygen atoms in total. The van der Waals surface area contributed by atoms with Crippen LogP contribution in [0.3, 0.4) is 0 Å². The predicted octanol–water partition coefficient (Wildman–Crippen LogP) is 2.47. The summed E-state index contributed by atoms with van der Waals surface area (Å²) < 4.78 is 34.5. The van der Waals surface area contributed by atoms with E-state index in [-0.39, 0.29) is 31.5 Å². The molecule has 1 fully saturated rings. The van der Waals surface area contributed by atoms with Gasteiger partial charge in [-0.25, -0.2) is 8.42 Å². The average molecular weight is 480 g/mol. The highest BCUT2D eigenvalue weighted by Gasteiger charge is 2.32. The Hall–Kier alpha value is -2.34. The zero-order valence-corrected chi connectivity index (χ0v) is 19.2. The first-order valence-electron chi connectivity index (χ1n) is 9.67. The molecule has 0 aliphatic carbocycles. The molecule has 0 unspecified atom stereocenters. The van der Waals surface area contributed by atoms with Gasteiger partial charge in [-0.05, 0) is 36.4 Å². The van der Waals surface area contributed by atoms with Gasteiger partial charge in [-0.15, -0.1) is 11.3 Å². The highest BCUT2D eigenvalue weighted by atomic mass is 32.2. The molecule has 2 aromatic heterocycles. The SMILES string of the molecule is COC(=O)Cn1c(=NC(=O)C2CCN(S(=O)(=O)c3cccs3)CC2)sc2ccccc21. The van der Waals surface area contributed by atoms with Gasteiger partial charge in [0.15, 0.2) is 4.80 Å². The second-order valence-electron chi connectivity index (χ2n) is 7.08. The van der Waals surface area contributed by atoms with Crippen molar-refractivity contribution in [3.63, 3.8) is 0 Å². The van der Waals surface area contributed by atoms with Gasteiger partial charge in [0.2, 0.25) is 0 Å². The molecule has 0 N–H and O–H groups in total. The van der Waals surface area contributed by atoms with Crippen molar-refractivity contribution in [3.05, 3.63) is 46.6 Å². The number of aromatic nitrogens is 1. The first-order chi connectivity index (χ1) is 14.9. The Morgan fingerprint density at radius 2 is 1.90 bits per heavy atom. The standard InChI is InChI=1S/C20H21N3O5S3/c1-28-17(24)13-23-15-5-2-3-6-16(15)30-20(23)21-19(25)14-8-10-22(11-9-14)31(26,27)18-7-4-12-29-18/h2-7,12,14H,8-11,13H2,1H3. The Balaban J connectivity index is 1.54. The van der Waals surface area contributed by atoms with E-state index in [9.17, 15) is 18.0 Å². The maximum Gasteiger partial charge on any atom is 0.325 e. The van der Waals surface area contributed by atoms with Crippen molar-refractivity contribution in [3.8, 4) is 0 Å². The van der Waals surface area contributed by atoms with Crippen molar-refractivity contribution in [1.29, 1.82) is 0 Å². The second-order valence-corrected chi connectivity index (χ2v) is 11.2. The van der Waals surface area contributed by atoms with Crippen LogP contribution < -0.4 is 4.80 Å². The second kappa shape index (κ2) is 9.03. The largest absolute Gasteiger partial charge is 0.468 e. The number of amides is 1. The summed E-state index contributed by atoms with van der Waals surface area (Å²) in [6.45, 7) is 0.519. The minimum Gasteiger partial charge on any atom is -0.468 e. The molecule has 0 saturated carbocycles. The van der Waals surface area contributed by atoms with Crippen LogP contribution in [0.1, 0.15) is 12.8 Å². The van der Waals surface area contributed by atoms with Crippen molar-refractivity contribution >= 4 is 54.8 Å². The van der Waals surface area contributed by atoms with Crippen molar-refractivity contribution in [2.45, 2.75) is 23.6 Å². The number of carbonyl (C=O) groups is 2. The predicted molar refractivity (Wildman–Crippen MR) is 118 cm³/mol. The number of thiophene rings is 1. The van der Waals surface area contributed by atoms with E-state index in [4.69, 9.17) is 4.74 Å². The number of carbonyl (C=O) groups excluding carboxylic acids is 2. The first kappa shape index (κ1) is 21.9. The van der Waals surface area contributed by atoms with E-state index in [0.29, 0.717) is 21.9 Å². The minimum atomic E-state index is -3.51. The molecular weight excluding hydrogens is 458 g/mol. The van der Waals surface area contributed by atoms with E-state index in [1.165, 1.54) is 34.1 Å². The number of rotatable bonds is 5. The van der Waals surface area contributed by atoms with Crippen LogP contribution >= 0.6 is 22.7 Å². The van der Waals surface area contributed by atoms with E-state index in [1.54, 1.807) is 22.1 Å². The fourth-order valence-corrected chi connectivity index (χ4v) is 7.17. The van der Waals surface area contributed by atoms with Crippen LogP contribution in [0.4, 0.5) is 0 Å². The summed E-state index contributed by atoms with van der Waals surface area (Å²) in [6.07, 6.45) is 0.823. The number of piperidine rings is 1. The summed E-state index contributed by atoms with van der Waals surface area (Å²) in [4.78, 5) is 29.5. The van der Waals surface area contributed by atoms with E-state index in [2.05, 4.69) is 4.99 Å². The number of hydrogen-bond donors (Lipinski definition) is 0. The number of thiazole rings is 1. The van der Waals surface area contributed by atoms with Crippen molar-refractivity contribution in [2.75, 3.05) is 20.2 Å². The lowest BCUT2D eigenvalue weighted by atomic mass is 9.98. The number of fused-ring (bicyclic) bond motifs is 1. The molecule has 1 amide bonds. The smallest absolute Gasteiger partial charge is 0.325 e. The molecule has 164 valence electrons. The minimum absolute atomic E-state index is 0.0376. The summed E-state index contributed by atoms with van der Waals surface area (Å²) in [7, 11) is -2.19. The normalized spacial score (nSPS) is 16.6. The lowest BCUT2D eigenvalue weighted by molar-refractivity contribution is -0.141. The molecule has 3 aromatic rings. The molecule has 1 aliphatic heterocycles. The first-order valence-corrected chi connectivity index (χ1v) is 12.8. The lowest BCUT2D eigenvalue weighted by Crippen LogP contribution is -2.40. The van der Waals surface area contributed by atoms with Gasteiger partial charge in [0.1, 0.15) is 10.8 Å². The Labute approximate surface area is 187 Å². The number of hydrogen-bond acceptors (Lipinski definition) is 7. The number of sulfonamides is 1. The van der Waals surface area contributed by atoms with E-state index in [1.807, 2.05) is 24.3 Å². The summed E-state index contributed by atoms with van der Waals surface area (Å²) in [5.41, 5.74) is 0.807. The van der Waals surface area contributed by atoms with E-state index < -0.39 is 16.0 Å². The third-order valence-electron chi connectivity index (χ3n) is 5.20. The monoisotopic (exact) mass is 479 g/mol. The van der Waals surface area contributed by atoms with Gasteiger partial charge in [-0.1, -0.05) is 29.5 Å². The Bertz CT molecular complexity index is 1270. The molecule has 0 bridgehead atoms. The molecule has 1 aliphatic rings. The number of methoxy groups -OCH3 is 1. The summed E-state index contributed by atoms with van der Waals surface area (Å²) in [5.74, 6) is -1.07. The summed E-state index contributed by atoms with van der Waals surface area (Å²) in [5, 5.41) is 1.73. The number of ether oxygens (including phenoxy) is 1. The third-order valence-corrected chi connectivity index (χ3v) is 9.53. The zero-order chi connectivity index (χ0) is 22.0. The Morgan fingerprint density at radius 3 is 2.58 bits per heavy atom. The van der Waals surface area contributed by atoms with Crippen LogP contribution in [0.15, 0.2) is 51.0 Å². The molecule has 31 heavy (non-hydrogen) atoms. The summed E-state index contributed by atoms with van der Waals surface area (Å²) >= 11 is 2.52. The van der Waals surface area contributed by atoms with Crippen LogP contribution in [0.5, 0.6) is 0 Å². The molecule has 4 rings (SSSR count). The fraction of sp³-hybridized carbons (Fsp3) is 0.350. The van der Waals surface area contributed by atoms with Crippen LogP contribution in [-0.2, 0) is 30.9 Å². The third kappa shape index (κ3) is 4.49. The Morgan fingerprint density at radius 1 is 1.16 bits per heavy atom. The van der Waals surface area contributed by atoms with Gasteiger partial charge in [-0.3, -0.25) is 9.59 Å². The highest BCUT2D eigenvalue weighted by Crippen LogP contribution is 2.27. The van der Waals surface area contributed by atoms with Gasteiger partial charge in [0, 0.05) is 19.0 Å². The topological polar surface area (TPSA) is 98.0 Å². The van der Waals surface area contributed by atoms with Gasteiger partial charge in [0.25, 0.3) is 15.9 Å². The molecule has 0 radical (unpaired) electrons. The molecule has 0 atom stereocenters. The van der Waals surface area contributed by atoms with Crippen LogP contribution in [0.2, 0.25) is 0 Å². The quantitative estimate of drug-likeness (QED) is 0.524. The number of esters is 1. The van der Waals surface area contributed by atoms with Gasteiger partial charge in [-0.2, -0.15) is 9.30 Å². The lowest BCUT2D eigenvalue weighted by Gasteiger charge is -2.29. The van der Waals surface area contributed by atoms with Crippen molar-refractivity contribution < 1.29 is 22.7 Å². The van der Waals surface area contributed by atoms with Crippen LogP contribution in [0.25, 0.3) is 10.2 Å². The molecule has 1 aromatic carbocycles. The van der Waals surface area contributed by atoms with Crippen LogP contribution in [0, 0.1) is 5.92 Å². The maximum absolute atomic E-state index is 12.9. The zero-order valence-electron chi connectivity index (χ0n) is 16.8. The van der Waals surface area contributed by atoms with E-state index >= 15 is 0 Å². The number of nitrogens with zero attached hydrogens (tertiary/aromatic N) is 3. The van der Waals surface area contributed by atoms with Gasteiger partial charge >= 0.3 is 5.97 Å². The van der Waals surface area contributed by atoms with Crippen LogP contribution in [-0.4, -0.2) is 49.4 Å². The van der Waals surface area contributed by atoms with Crippen molar-refractivity contribution in [2.24, 2.45) is 10.9 Å². The molecule has 11 heteroatoms. The molecule has 1 saturated heterocycles. The molecular formula is C20H21N3O5S3. The number of para-hydroxylation sites is 1.